The van der Waals surface area contributed by atoms with Gasteiger partial charge in [-0.2, -0.15) is 18.3 Å². The fourth-order valence-corrected chi connectivity index (χ4v) is 2.79. The zero-order valence-corrected chi connectivity index (χ0v) is 16.4. The summed E-state index contributed by atoms with van der Waals surface area (Å²) >= 11 is 0. The molecule has 0 spiro atoms. The second-order valence-electron chi connectivity index (χ2n) is 6.69. The first-order valence-corrected chi connectivity index (χ1v) is 9.24. The number of nitrogens with zero attached hydrogens (tertiary/aromatic N) is 3. The van der Waals surface area contributed by atoms with Gasteiger partial charge in [-0.25, -0.2) is 14.3 Å². The number of carbonyl (C=O) groups is 1. The number of fused-ring (bicyclic) bond motifs is 1. The molecule has 9 heteroatoms. The maximum atomic E-state index is 13.2. The Morgan fingerprint density at radius 2 is 1.61 bits per heavy atom. The molecule has 2 heterocycles. The zero-order valence-electron chi connectivity index (χ0n) is 16.4. The van der Waals surface area contributed by atoms with Crippen LogP contribution in [0.5, 0.6) is 0 Å². The first kappa shape index (κ1) is 22.0. The highest BCUT2D eigenvalue weighted by molar-refractivity contribution is 5.86. The molecule has 1 unspecified atom stereocenters. The van der Waals surface area contributed by atoms with E-state index in [-0.39, 0.29) is 17.4 Å². The molecule has 0 fully saturated rings. The Labute approximate surface area is 175 Å². The Morgan fingerprint density at radius 3 is 2.10 bits per heavy atom. The van der Waals surface area contributed by atoms with Crippen molar-refractivity contribution in [2.24, 2.45) is 5.73 Å². The highest BCUT2D eigenvalue weighted by atomic mass is 19.4. The number of hydrogen-bond acceptors (Lipinski definition) is 4. The van der Waals surface area contributed by atoms with Crippen LogP contribution >= 0.6 is 0 Å². The minimum absolute atomic E-state index is 0.0947. The fourth-order valence-electron chi connectivity index (χ4n) is 2.79. The van der Waals surface area contributed by atoms with Crippen LogP contribution in [0.1, 0.15) is 34.7 Å². The van der Waals surface area contributed by atoms with Crippen LogP contribution in [-0.4, -0.2) is 25.7 Å². The van der Waals surface area contributed by atoms with Crippen molar-refractivity contribution in [1.29, 1.82) is 0 Å². The number of rotatable bonds is 3. The average Bonchev–Trinajstić information content (AvgIpc) is 3.18. The molecule has 2 aromatic heterocycles. The number of carboxylic acid groups (broad SMARTS) is 1. The van der Waals surface area contributed by atoms with Crippen LogP contribution in [0.25, 0.3) is 16.9 Å². The lowest BCUT2D eigenvalue weighted by molar-refractivity contribution is -0.142. The fraction of sp³-hybridized carbons (Fsp3) is 0.136. The summed E-state index contributed by atoms with van der Waals surface area (Å²) in [4.78, 5) is 15.0. The molecule has 31 heavy (non-hydrogen) atoms. The number of benzene rings is 2. The second kappa shape index (κ2) is 8.97. The second-order valence-corrected chi connectivity index (χ2v) is 6.69. The topological polar surface area (TPSA) is 93.5 Å². The Morgan fingerprint density at radius 1 is 1.03 bits per heavy atom. The molecule has 0 bridgehead atoms. The van der Waals surface area contributed by atoms with Crippen LogP contribution < -0.4 is 5.73 Å². The van der Waals surface area contributed by atoms with Crippen molar-refractivity contribution in [2.75, 3.05) is 0 Å². The van der Waals surface area contributed by atoms with E-state index in [0.29, 0.717) is 10.1 Å². The summed E-state index contributed by atoms with van der Waals surface area (Å²) in [5.74, 6) is -1.42. The van der Waals surface area contributed by atoms with Crippen molar-refractivity contribution >= 4 is 11.6 Å². The number of nitrogens with two attached hydrogens (primary N) is 1. The number of carboxylic acids is 1. The molecule has 4 aromatic rings. The molecule has 0 saturated heterocycles. The van der Waals surface area contributed by atoms with E-state index in [1.807, 2.05) is 37.3 Å². The summed E-state index contributed by atoms with van der Waals surface area (Å²) in [7, 11) is 0. The molecular weight excluding hydrogens is 409 g/mol. The van der Waals surface area contributed by atoms with Crippen molar-refractivity contribution in [2.45, 2.75) is 19.1 Å². The van der Waals surface area contributed by atoms with Gasteiger partial charge in [0, 0.05) is 17.7 Å². The first-order valence-electron chi connectivity index (χ1n) is 9.24. The minimum atomic E-state index is -4.69. The predicted octanol–water partition coefficient (Wildman–Crippen LogP) is 4.82. The Hall–Kier alpha value is -3.72. The van der Waals surface area contributed by atoms with Crippen molar-refractivity contribution in [1.82, 2.24) is 14.6 Å². The highest BCUT2D eigenvalue weighted by Gasteiger charge is 2.35. The molecule has 0 amide bonds. The van der Waals surface area contributed by atoms with E-state index in [9.17, 15) is 18.0 Å². The molecular formula is C22H19F3N4O2. The van der Waals surface area contributed by atoms with Crippen LogP contribution in [-0.2, 0) is 6.18 Å². The van der Waals surface area contributed by atoms with Crippen LogP contribution in [0, 0.1) is 0 Å². The summed E-state index contributed by atoms with van der Waals surface area (Å²) in [5.41, 5.74) is 5.64. The Bertz CT molecular complexity index is 1170. The van der Waals surface area contributed by atoms with Gasteiger partial charge in [-0.05, 0) is 18.6 Å². The number of alkyl halides is 3. The summed E-state index contributed by atoms with van der Waals surface area (Å²) in [6.45, 7) is 1.98. The normalized spacial score (nSPS) is 12.2. The van der Waals surface area contributed by atoms with Crippen molar-refractivity contribution in [3.63, 3.8) is 0 Å². The van der Waals surface area contributed by atoms with Crippen molar-refractivity contribution in [3.05, 3.63) is 89.7 Å². The molecule has 4 rings (SSSR count). The number of hydrogen-bond donors (Lipinski definition) is 2. The lowest BCUT2D eigenvalue weighted by Gasteiger charge is -2.10. The molecule has 1 atom stereocenters. The third kappa shape index (κ3) is 5.26. The summed E-state index contributed by atoms with van der Waals surface area (Å²) in [5, 5.41) is 12.3. The molecule has 0 saturated carbocycles. The monoisotopic (exact) mass is 428 g/mol. The van der Waals surface area contributed by atoms with Gasteiger partial charge < -0.3 is 10.8 Å². The van der Waals surface area contributed by atoms with Crippen LogP contribution in [0.4, 0.5) is 13.2 Å². The molecule has 0 aliphatic rings. The largest absolute Gasteiger partial charge is 0.476 e. The van der Waals surface area contributed by atoms with E-state index in [1.54, 1.807) is 30.3 Å². The number of aromatic nitrogens is 3. The van der Waals surface area contributed by atoms with Gasteiger partial charge in [0.2, 0.25) is 0 Å². The molecule has 2 aromatic carbocycles. The number of aromatic carboxylic acids is 1. The van der Waals surface area contributed by atoms with Crippen LogP contribution in [0.3, 0.4) is 0 Å². The summed E-state index contributed by atoms with van der Waals surface area (Å²) in [6.07, 6.45) is -4.69. The van der Waals surface area contributed by atoms with Gasteiger partial charge in [-0.1, -0.05) is 60.7 Å². The molecule has 3 N–H and O–H groups in total. The van der Waals surface area contributed by atoms with E-state index < -0.39 is 23.5 Å². The van der Waals surface area contributed by atoms with Gasteiger partial charge in [0.15, 0.2) is 17.0 Å². The lowest BCUT2D eigenvalue weighted by Crippen LogP contribution is -2.14. The quantitative estimate of drug-likeness (QED) is 0.488. The number of halogens is 3. The summed E-state index contributed by atoms with van der Waals surface area (Å²) < 4.78 is 40.1. The third-order valence-corrected chi connectivity index (χ3v) is 4.33. The summed E-state index contributed by atoms with van der Waals surface area (Å²) in [6, 6.07) is 20.4. The Kier molecular flexibility index (Phi) is 6.36. The third-order valence-electron chi connectivity index (χ3n) is 4.33. The lowest BCUT2D eigenvalue weighted by atomic mass is 10.1. The molecule has 160 valence electrons. The zero-order chi connectivity index (χ0) is 22.6. The highest BCUT2D eigenvalue weighted by Crippen LogP contribution is 2.32. The standard InChI is InChI=1S/C14H8F3N3O2.C8H11N/c15-14(16,17)11-6-9(8-4-2-1-3-5-8)18-12-7-10(13(21)22)19-20(11)12;1-7(9)8-5-3-2-4-6-8/h1-7H,(H,21,22);2-7H,9H2,1H3. The van der Waals surface area contributed by atoms with Gasteiger partial charge in [0.25, 0.3) is 0 Å². The van der Waals surface area contributed by atoms with Gasteiger partial charge in [-0.15, -0.1) is 0 Å². The molecule has 0 aliphatic carbocycles. The van der Waals surface area contributed by atoms with E-state index in [1.165, 1.54) is 5.56 Å². The van der Waals surface area contributed by atoms with Crippen LogP contribution in [0.2, 0.25) is 0 Å². The van der Waals surface area contributed by atoms with Gasteiger partial charge >= 0.3 is 12.1 Å². The van der Waals surface area contributed by atoms with Gasteiger partial charge in [0.1, 0.15) is 0 Å². The van der Waals surface area contributed by atoms with Gasteiger partial charge in [-0.3, -0.25) is 0 Å². The van der Waals surface area contributed by atoms with E-state index in [0.717, 1.165) is 12.1 Å². The van der Waals surface area contributed by atoms with Crippen LogP contribution in [0.15, 0.2) is 72.8 Å². The van der Waals surface area contributed by atoms with Crippen molar-refractivity contribution in [3.8, 4) is 11.3 Å². The predicted molar refractivity (Wildman–Crippen MR) is 109 cm³/mol. The van der Waals surface area contributed by atoms with E-state index in [4.69, 9.17) is 10.8 Å². The smallest absolute Gasteiger partial charge is 0.433 e. The minimum Gasteiger partial charge on any atom is -0.476 e. The first-order chi connectivity index (χ1) is 14.7. The average molecular weight is 428 g/mol. The molecule has 6 nitrogen and oxygen atoms in total. The maximum absolute atomic E-state index is 13.2. The molecule has 0 radical (unpaired) electrons. The SMILES string of the molecule is CC(N)c1ccccc1.O=C(O)c1cc2nc(-c3ccccc3)cc(C(F)(F)F)n2n1. The van der Waals surface area contributed by atoms with E-state index in [2.05, 4.69) is 10.1 Å². The van der Waals surface area contributed by atoms with Gasteiger partial charge in [0.05, 0.1) is 5.69 Å². The maximum Gasteiger partial charge on any atom is 0.433 e. The van der Waals surface area contributed by atoms with E-state index >= 15 is 0 Å². The van der Waals surface area contributed by atoms with Crippen molar-refractivity contribution < 1.29 is 23.1 Å². The molecule has 0 aliphatic heterocycles. The Balaban J connectivity index is 0.000000254.